The molecule has 0 aliphatic heterocycles. The molecule has 6 nitrogen and oxygen atoms in total. The fourth-order valence-corrected chi connectivity index (χ4v) is 1.39. The lowest BCUT2D eigenvalue weighted by Gasteiger charge is -2.27. The molecule has 1 amide bonds. The highest BCUT2D eigenvalue weighted by molar-refractivity contribution is 5.84. The van der Waals surface area contributed by atoms with Crippen molar-refractivity contribution in [3.05, 3.63) is 30.1 Å². The molecule has 1 heterocycles. The van der Waals surface area contributed by atoms with E-state index in [-0.39, 0.29) is 5.69 Å². The molecule has 1 unspecified atom stereocenters. The average Bonchev–Trinajstić information content (AvgIpc) is 2.27. The first kappa shape index (κ1) is 14.9. The van der Waals surface area contributed by atoms with Crippen LogP contribution < -0.4 is 5.32 Å². The first-order valence-electron chi connectivity index (χ1n) is 5.81. The van der Waals surface area contributed by atoms with Crippen LogP contribution in [0.25, 0.3) is 0 Å². The summed E-state index contributed by atoms with van der Waals surface area (Å²) in [6.45, 7) is 6.46. The second kappa shape index (κ2) is 5.26. The molecule has 2 N–H and O–H groups in total. The van der Waals surface area contributed by atoms with Gasteiger partial charge in [-0.05, 0) is 39.8 Å². The number of nitrogens with zero attached hydrogens (tertiary/aromatic N) is 1. The molecule has 19 heavy (non-hydrogen) atoms. The normalized spacial score (nSPS) is 14.3. The van der Waals surface area contributed by atoms with Gasteiger partial charge in [-0.3, -0.25) is 4.98 Å². The molecule has 1 aromatic heterocycles. The molecule has 0 saturated heterocycles. The lowest BCUT2D eigenvalue weighted by atomic mass is 9.97. The number of carboxylic acids is 1. The van der Waals surface area contributed by atoms with Gasteiger partial charge in [0.25, 0.3) is 0 Å². The van der Waals surface area contributed by atoms with Crippen molar-refractivity contribution in [1.82, 2.24) is 10.3 Å². The van der Waals surface area contributed by atoms with Crippen LogP contribution in [0.15, 0.2) is 24.4 Å². The van der Waals surface area contributed by atoms with Crippen molar-refractivity contribution in [2.75, 3.05) is 0 Å². The maximum absolute atomic E-state index is 11.7. The highest BCUT2D eigenvalue weighted by atomic mass is 16.6. The number of aromatic nitrogens is 1. The first-order chi connectivity index (χ1) is 8.65. The topological polar surface area (TPSA) is 88.5 Å². The van der Waals surface area contributed by atoms with Gasteiger partial charge >= 0.3 is 12.1 Å². The van der Waals surface area contributed by atoms with Gasteiger partial charge in [-0.1, -0.05) is 6.07 Å². The van der Waals surface area contributed by atoms with Crippen molar-refractivity contribution in [2.45, 2.75) is 38.8 Å². The summed E-state index contributed by atoms with van der Waals surface area (Å²) in [4.78, 5) is 27.1. The average molecular weight is 266 g/mol. The van der Waals surface area contributed by atoms with Crippen LogP contribution in [-0.4, -0.2) is 27.8 Å². The molecule has 1 atom stereocenters. The fourth-order valence-electron chi connectivity index (χ4n) is 1.39. The maximum Gasteiger partial charge on any atom is 0.408 e. The molecule has 0 saturated carbocycles. The standard InChI is InChI=1S/C13H18N2O4/c1-12(2,3)19-11(18)15-13(4,10(16)17)9-7-5-6-8-14-9/h5-8H,1-4H3,(H,15,18)(H,16,17). The van der Waals surface area contributed by atoms with Crippen LogP contribution in [0.1, 0.15) is 33.4 Å². The number of nitrogens with one attached hydrogen (secondary N) is 1. The van der Waals surface area contributed by atoms with Crippen LogP contribution in [0.5, 0.6) is 0 Å². The van der Waals surface area contributed by atoms with Gasteiger partial charge in [-0.25, -0.2) is 9.59 Å². The molecule has 0 spiro atoms. The molecular formula is C13H18N2O4. The Morgan fingerprint density at radius 1 is 1.26 bits per heavy atom. The number of carbonyl (C=O) groups excluding carboxylic acids is 1. The summed E-state index contributed by atoms with van der Waals surface area (Å²) >= 11 is 0. The number of carbonyl (C=O) groups is 2. The zero-order chi connectivity index (χ0) is 14.7. The van der Waals surface area contributed by atoms with E-state index >= 15 is 0 Å². The number of aliphatic carboxylic acids is 1. The van der Waals surface area contributed by atoms with Crippen LogP contribution in [0.4, 0.5) is 4.79 Å². The molecule has 0 bridgehead atoms. The Labute approximate surface area is 111 Å². The lowest BCUT2D eigenvalue weighted by Crippen LogP contribution is -2.51. The van der Waals surface area contributed by atoms with E-state index in [4.69, 9.17) is 4.74 Å². The minimum atomic E-state index is -1.64. The highest BCUT2D eigenvalue weighted by Crippen LogP contribution is 2.19. The van der Waals surface area contributed by atoms with Gasteiger partial charge < -0.3 is 15.2 Å². The smallest absolute Gasteiger partial charge is 0.408 e. The summed E-state index contributed by atoms with van der Waals surface area (Å²) in [7, 11) is 0. The lowest BCUT2D eigenvalue weighted by molar-refractivity contribution is -0.144. The number of hydrogen-bond donors (Lipinski definition) is 2. The van der Waals surface area contributed by atoms with E-state index < -0.39 is 23.2 Å². The second-order valence-corrected chi connectivity index (χ2v) is 5.27. The third kappa shape index (κ3) is 3.94. The number of amides is 1. The Morgan fingerprint density at radius 2 is 1.89 bits per heavy atom. The predicted octanol–water partition coefficient (Wildman–Crippen LogP) is 1.91. The van der Waals surface area contributed by atoms with Crippen molar-refractivity contribution in [3.63, 3.8) is 0 Å². The number of alkyl carbamates (subject to hydrolysis) is 1. The van der Waals surface area contributed by atoms with Crippen LogP contribution in [-0.2, 0) is 15.1 Å². The quantitative estimate of drug-likeness (QED) is 0.872. The van der Waals surface area contributed by atoms with Gasteiger partial charge in [0, 0.05) is 6.20 Å². The molecule has 0 radical (unpaired) electrons. The van der Waals surface area contributed by atoms with E-state index in [0.717, 1.165) is 0 Å². The van der Waals surface area contributed by atoms with Crippen molar-refractivity contribution in [1.29, 1.82) is 0 Å². The Hall–Kier alpha value is -2.11. The Balaban J connectivity index is 2.97. The van der Waals surface area contributed by atoms with Gasteiger partial charge in [-0.15, -0.1) is 0 Å². The third-order valence-electron chi connectivity index (χ3n) is 2.36. The minimum Gasteiger partial charge on any atom is -0.479 e. The van der Waals surface area contributed by atoms with Crippen LogP contribution in [0.3, 0.4) is 0 Å². The second-order valence-electron chi connectivity index (χ2n) is 5.27. The number of hydrogen-bond acceptors (Lipinski definition) is 4. The van der Waals surface area contributed by atoms with E-state index in [0.29, 0.717) is 0 Å². The first-order valence-corrected chi connectivity index (χ1v) is 5.81. The maximum atomic E-state index is 11.7. The molecule has 104 valence electrons. The highest BCUT2D eigenvalue weighted by Gasteiger charge is 2.39. The third-order valence-corrected chi connectivity index (χ3v) is 2.36. The van der Waals surface area contributed by atoms with Crippen molar-refractivity contribution >= 4 is 12.1 Å². The number of carboxylic acid groups (broad SMARTS) is 1. The van der Waals surface area contributed by atoms with E-state index in [1.807, 2.05) is 0 Å². The van der Waals surface area contributed by atoms with Crippen LogP contribution in [0, 0.1) is 0 Å². The summed E-state index contributed by atoms with van der Waals surface area (Å²) in [6, 6.07) is 4.85. The molecule has 0 aliphatic rings. The van der Waals surface area contributed by atoms with E-state index in [1.165, 1.54) is 19.2 Å². The molecule has 1 aromatic rings. The van der Waals surface area contributed by atoms with Crippen molar-refractivity contribution < 1.29 is 19.4 Å². The van der Waals surface area contributed by atoms with Gasteiger partial charge in [0.2, 0.25) is 0 Å². The van der Waals surface area contributed by atoms with Gasteiger partial charge in [0.15, 0.2) is 5.54 Å². The molecular weight excluding hydrogens is 248 g/mol. The summed E-state index contributed by atoms with van der Waals surface area (Å²) in [6.07, 6.45) is 0.663. The van der Waals surface area contributed by atoms with Gasteiger partial charge in [0.1, 0.15) is 5.60 Å². The van der Waals surface area contributed by atoms with Gasteiger partial charge in [-0.2, -0.15) is 0 Å². The molecule has 1 rings (SSSR count). The van der Waals surface area contributed by atoms with E-state index in [1.54, 1.807) is 32.9 Å². The molecule has 0 aliphatic carbocycles. The fraction of sp³-hybridized carbons (Fsp3) is 0.462. The van der Waals surface area contributed by atoms with Crippen LogP contribution in [0.2, 0.25) is 0 Å². The number of ether oxygens (including phenoxy) is 1. The monoisotopic (exact) mass is 266 g/mol. The molecule has 0 aromatic carbocycles. The van der Waals surface area contributed by atoms with Gasteiger partial charge in [0.05, 0.1) is 5.69 Å². The summed E-state index contributed by atoms with van der Waals surface area (Å²) in [5.74, 6) is -1.21. The SMILES string of the molecule is CC(C)(C)OC(=O)NC(C)(C(=O)O)c1ccccn1. The Bertz CT molecular complexity index is 467. The molecule has 0 fully saturated rings. The van der Waals surface area contributed by atoms with Crippen molar-refractivity contribution in [2.24, 2.45) is 0 Å². The van der Waals surface area contributed by atoms with E-state index in [2.05, 4.69) is 10.3 Å². The number of pyridine rings is 1. The van der Waals surface area contributed by atoms with Crippen LogP contribution >= 0.6 is 0 Å². The zero-order valence-corrected chi connectivity index (χ0v) is 11.4. The summed E-state index contributed by atoms with van der Waals surface area (Å²) in [5, 5.41) is 11.7. The Morgan fingerprint density at radius 3 is 2.32 bits per heavy atom. The van der Waals surface area contributed by atoms with E-state index in [9.17, 15) is 14.7 Å². The summed E-state index contributed by atoms with van der Waals surface area (Å²) < 4.78 is 5.06. The predicted molar refractivity (Wildman–Crippen MR) is 68.6 cm³/mol. The molecule has 6 heteroatoms. The zero-order valence-electron chi connectivity index (χ0n) is 11.4. The number of rotatable bonds is 3. The van der Waals surface area contributed by atoms with Crippen molar-refractivity contribution in [3.8, 4) is 0 Å². The largest absolute Gasteiger partial charge is 0.479 e. The summed E-state index contributed by atoms with van der Waals surface area (Å²) in [5.41, 5.74) is -2.11. The Kier molecular flexibility index (Phi) is 4.14. The minimum absolute atomic E-state index is 0.230.